The van der Waals surface area contributed by atoms with E-state index in [1.165, 1.54) is 25.0 Å². The summed E-state index contributed by atoms with van der Waals surface area (Å²) < 4.78 is 14.9. The first-order valence-corrected chi connectivity index (χ1v) is 10.5. The van der Waals surface area contributed by atoms with E-state index in [0.717, 1.165) is 24.2 Å². The lowest BCUT2D eigenvalue weighted by molar-refractivity contribution is 0.0423. The van der Waals surface area contributed by atoms with Crippen LogP contribution in [-0.4, -0.2) is 51.2 Å². The van der Waals surface area contributed by atoms with Crippen LogP contribution in [0.2, 0.25) is 0 Å². The third-order valence-corrected chi connectivity index (χ3v) is 6.16. The largest absolute Gasteiger partial charge is 0.328 e. The Morgan fingerprint density at radius 3 is 2.47 bits per heavy atom. The summed E-state index contributed by atoms with van der Waals surface area (Å²) in [7, 11) is 1.79. The molecule has 2 aromatic carbocycles. The van der Waals surface area contributed by atoms with Gasteiger partial charge in [-0.1, -0.05) is 30.3 Å². The van der Waals surface area contributed by atoms with Gasteiger partial charge in [-0.25, -0.2) is 4.39 Å². The molecule has 0 bridgehead atoms. The molecular formula is C24H25FN4O. The van der Waals surface area contributed by atoms with Crippen molar-refractivity contribution >= 4 is 5.91 Å². The number of halogens is 1. The van der Waals surface area contributed by atoms with Gasteiger partial charge < -0.3 is 4.90 Å². The van der Waals surface area contributed by atoms with Crippen molar-refractivity contribution in [3.63, 3.8) is 0 Å². The molecule has 0 radical (unpaired) electrons. The maximum absolute atomic E-state index is 13.6. The second-order valence-corrected chi connectivity index (χ2v) is 8.20. The van der Waals surface area contributed by atoms with Crippen LogP contribution in [0.25, 0.3) is 11.3 Å². The van der Waals surface area contributed by atoms with Gasteiger partial charge in [0.1, 0.15) is 11.5 Å². The minimum absolute atomic E-state index is 0.0114. The summed E-state index contributed by atoms with van der Waals surface area (Å²) in [4.78, 5) is 18.1. The first kappa shape index (κ1) is 19.0. The minimum Gasteiger partial charge on any atom is -0.328 e. The number of carbonyl (C=O) groups is 1. The zero-order chi connectivity index (χ0) is 20.7. The molecule has 0 spiro atoms. The monoisotopic (exact) mass is 404 g/mol. The number of carbonyl (C=O) groups excluding carboxylic acids is 1. The zero-order valence-electron chi connectivity index (χ0n) is 17.0. The van der Waals surface area contributed by atoms with Crippen molar-refractivity contribution in [2.45, 2.75) is 24.9 Å². The van der Waals surface area contributed by atoms with E-state index >= 15 is 0 Å². The van der Waals surface area contributed by atoms with Gasteiger partial charge in [0, 0.05) is 38.3 Å². The molecular weight excluding hydrogens is 379 g/mol. The molecule has 2 aliphatic rings. The highest BCUT2D eigenvalue weighted by Crippen LogP contribution is 2.34. The van der Waals surface area contributed by atoms with Crippen LogP contribution in [0.15, 0.2) is 60.7 Å². The lowest BCUT2D eigenvalue weighted by Crippen LogP contribution is -2.51. The van der Waals surface area contributed by atoms with Crippen molar-refractivity contribution in [1.29, 1.82) is 0 Å². The number of nitrogens with zero attached hydrogens (tertiary/aromatic N) is 4. The average molecular weight is 404 g/mol. The maximum Gasteiger partial charge on any atom is 0.272 e. The van der Waals surface area contributed by atoms with Crippen molar-refractivity contribution in [3.8, 4) is 11.3 Å². The SMILES string of the molecule is Cn1nc(-c2ccc(F)cc2)cc1C(=O)N1CCN(C2CC2)CC1c1ccccc1. The molecule has 1 aromatic heterocycles. The highest BCUT2D eigenvalue weighted by molar-refractivity contribution is 5.94. The van der Waals surface area contributed by atoms with Gasteiger partial charge in [0.25, 0.3) is 5.91 Å². The van der Waals surface area contributed by atoms with Crippen LogP contribution < -0.4 is 0 Å². The number of benzene rings is 2. The molecule has 154 valence electrons. The molecule has 0 N–H and O–H groups in total. The molecule has 1 unspecified atom stereocenters. The van der Waals surface area contributed by atoms with Gasteiger partial charge in [-0.2, -0.15) is 5.10 Å². The zero-order valence-corrected chi connectivity index (χ0v) is 17.0. The van der Waals surface area contributed by atoms with Crippen LogP contribution in [0.1, 0.15) is 34.9 Å². The smallest absolute Gasteiger partial charge is 0.272 e. The van der Waals surface area contributed by atoms with Crippen LogP contribution in [0.3, 0.4) is 0 Å². The first-order chi connectivity index (χ1) is 14.6. The Morgan fingerprint density at radius 1 is 1.03 bits per heavy atom. The van der Waals surface area contributed by atoms with E-state index in [9.17, 15) is 9.18 Å². The van der Waals surface area contributed by atoms with Crippen LogP contribution in [-0.2, 0) is 7.05 Å². The van der Waals surface area contributed by atoms with Gasteiger partial charge in [0.2, 0.25) is 0 Å². The first-order valence-electron chi connectivity index (χ1n) is 10.5. The van der Waals surface area contributed by atoms with Crippen LogP contribution in [0, 0.1) is 5.82 Å². The third-order valence-electron chi connectivity index (χ3n) is 6.16. The molecule has 1 saturated heterocycles. The van der Waals surface area contributed by atoms with Crippen molar-refractivity contribution in [2.24, 2.45) is 7.05 Å². The molecule has 2 fully saturated rings. The lowest BCUT2D eigenvalue weighted by atomic mass is 10.0. The predicted molar refractivity (Wildman–Crippen MR) is 113 cm³/mol. The number of amides is 1. The Balaban J connectivity index is 1.44. The van der Waals surface area contributed by atoms with Gasteiger partial charge in [-0.05, 0) is 48.7 Å². The third kappa shape index (κ3) is 3.63. The molecule has 5 rings (SSSR count). The highest BCUT2D eigenvalue weighted by atomic mass is 19.1. The minimum atomic E-state index is -0.287. The summed E-state index contributed by atoms with van der Waals surface area (Å²) in [6.45, 7) is 2.47. The molecule has 3 aromatic rings. The number of aryl methyl sites for hydroxylation is 1. The Kier molecular flexibility index (Phi) is 4.87. The molecule has 2 heterocycles. The summed E-state index contributed by atoms with van der Waals surface area (Å²) in [6.07, 6.45) is 2.52. The normalized spacial score (nSPS) is 19.8. The summed E-state index contributed by atoms with van der Waals surface area (Å²) in [5.41, 5.74) is 3.19. The number of hydrogen-bond donors (Lipinski definition) is 0. The second-order valence-electron chi connectivity index (χ2n) is 8.20. The van der Waals surface area contributed by atoms with Crippen LogP contribution >= 0.6 is 0 Å². The van der Waals surface area contributed by atoms with Crippen molar-refractivity contribution < 1.29 is 9.18 Å². The van der Waals surface area contributed by atoms with E-state index in [4.69, 9.17) is 0 Å². The fraction of sp³-hybridized carbons (Fsp3) is 0.333. The molecule has 30 heavy (non-hydrogen) atoms. The van der Waals surface area contributed by atoms with Crippen molar-refractivity contribution in [2.75, 3.05) is 19.6 Å². The number of piperazine rings is 1. The predicted octanol–water partition coefficient (Wildman–Crippen LogP) is 3.89. The number of rotatable bonds is 4. The van der Waals surface area contributed by atoms with E-state index in [-0.39, 0.29) is 17.8 Å². The Bertz CT molecular complexity index is 1040. The molecule has 1 aliphatic heterocycles. The average Bonchev–Trinajstić information content (AvgIpc) is 3.56. The fourth-order valence-corrected chi connectivity index (χ4v) is 4.36. The molecule has 1 amide bonds. The lowest BCUT2D eigenvalue weighted by Gasteiger charge is -2.42. The fourth-order valence-electron chi connectivity index (χ4n) is 4.36. The summed E-state index contributed by atoms with van der Waals surface area (Å²) >= 11 is 0. The van der Waals surface area contributed by atoms with Gasteiger partial charge in [0.05, 0.1) is 11.7 Å². The molecule has 6 heteroatoms. The summed E-state index contributed by atoms with van der Waals surface area (Å²) in [6, 6.07) is 19.0. The van der Waals surface area contributed by atoms with E-state index in [2.05, 4.69) is 22.1 Å². The Morgan fingerprint density at radius 2 is 1.77 bits per heavy atom. The van der Waals surface area contributed by atoms with Crippen molar-refractivity contribution in [1.82, 2.24) is 19.6 Å². The van der Waals surface area contributed by atoms with E-state index in [1.54, 1.807) is 23.9 Å². The highest BCUT2D eigenvalue weighted by Gasteiger charge is 2.38. The Labute approximate surface area is 175 Å². The van der Waals surface area contributed by atoms with Gasteiger partial charge in [-0.3, -0.25) is 14.4 Å². The standard InChI is InChI=1S/C24H25FN4O/c1-27-22(15-21(26-27)17-7-9-19(25)10-8-17)24(30)29-14-13-28(20-11-12-20)16-23(29)18-5-3-2-4-6-18/h2-10,15,20,23H,11-14,16H2,1H3. The van der Waals surface area contributed by atoms with Gasteiger partial charge in [-0.15, -0.1) is 0 Å². The quantitative estimate of drug-likeness (QED) is 0.663. The Hall–Kier alpha value is -2.99. The molecule has 1 saturated carbocycles. The molecule has 1 atom stereocenters. The summed E-state index contributed by atoms with van der Waals surface area (Å²) in [5, 5.41) is 4.51. The number of hydrogen-bond acceptors (Lipinski definition) is 3. The molecule has 1 aliphatic carbocycles. The summed E-state index contributed by atoms with van der Waals surface area (Å²) in [5.74, 6) is -0.298. The van der Waals surface area contributed by atoms with Gasteiger partial charge in [0.15, 0.2) is 0 Å². The topological polar surface area (TPSA) is 41.4 Å². The van der Waals surface area contributed by atoms with E-state index < -0.39 is 0 Å². The van der Waals surface area contributed by atoms with E-state index in [0.29, 0.717) is 24.0 Å². The van der Waals surface area contributed by atoms with Gasteiger partial charge >= 0.3 is 0 Å². The van der Waals surface area contributed by atoms with Crippen LogP contribution in [0.4, 0.5) is 4.39 Å². The number of aromatic nitrogens is 2. The maximum atomic E-state index is 13.6. The van der Waals surface area contributed by atoms with Crippen molar-refractivity contribution in [3.05, 3.63) is 77.7 Å². The van der Waals surface area contributed by atoms with Crippen LogP contribution in [0.5, 0.6) is 0 Å². The second kappa shape index (κ2) is 7.69. The molecule has 5 nitrogen and oxygen atoms in total. The van der Waals surface area contributed by atoms with E-state index in [1.807, 2.05) is 29.2 Å².